The highest BCUT2D eigenvalue weighted by Gasteiger charge is 2.19. The van der Waals surface area contributed by atoms with Gasteiger partial charge in [0, 0.05) is 20.1 Å². The van der Waals surface area contributed by atoms with Gasteiger partial charge in [0.05, 0.1) is 16.3 Å². The van der Waals surface area contributed by atoms with Gasteiger partial charge in [-0.3, -0.25) is 0 Å². The van der Waals surface area contributed by atoms with Crippen LogP contribution >= 0.6 is 0 Å². The molecule has 21 heavy (non-hydrogen) atoms. The summed E-state index contributed by atoms with van der Waals surface area (Å²) in [5, 5.41) is 3.38. The van der Waals surface area contributed by atoms with Crippen molar-refractivity contribution in [3.8, 4) is 0 Å². The number of hydrogen-bond donors (Lipinski definition) is 1. The fourth-order valence-electron chi connectivity index (χ4n) is 2.17. The largest absolute Gasteiger partial charge is 0.372 e. The number of likely N-dealkylation sites (N-methyl/N-ethyl adjacent to an activating group) is 1. The molecule has 1 aromatic carbocycles. The molecule has 1 rings (SSSR count). The van der Waals surface area contributed by atoms with Crippen LogP contribution in [-0.2, 0) is 9.84 Å². The zero-order valence-electron chi connectivity index (χ0n) is 13.6. The van der Waals surface area contributed by atoms with Crippen molar-refractivity contribution in [2.24, 2.45) is 5.92 Å². The van der Waals surface area contributed by atoms with Crippen LogP contribution in [0.3, 0.4) is 0 Å². The molecule has 0 aliphatic rings. The third kappa shape index (κ3) is 5.67. The van der Waals surface area contributed by atoms with E-state index in [1.165, 1.54) is 0 Å². The van der Waals surface area contributed by atoms with Crippen LogP contribution in [0.15, 0.2) is 29.2 Å². The van der Waals surface area contributed by atoms with Gasteiger partial charge in [0.25, 0.3) is 0 Å². The van der Waals surface area contributed by atoms with Gasteiger partial charge >= 0.3 is 0 Å². The maximum Gasteiger partial charge on any atom is 0.180 e. The predicted octanol–water partition coefficient (Wildman–Crippen LogP) is 2.55. The number of sulfone groups is 1. The average molecular weight is 312 g/mol. The maximum atomic E-state index is 12.3. The first kappa shape index (κ1) is 18.0. The maximum absolute atomic E-state index is 12.3. The molecular weight excluding hydrogens is 284 g/mol. The van der Waals surface area contributed by atoms with Gasteiger partial charge in [-0.1, -0.05) is 32.9 Å². The molecule has 0 aromatic heterocycles. The standard InChI is InChI=1S/C16H28N2O2S/c1-5-12-21(19,20)16-9-7-6-8-15(16)18(4)11-10-17-13-14(2)3/h6-9,14,17H,5,10-13H2,1-4H3. The van der Waals surface area contributed by atoms with Gasteiger partial charge in [0.2, 0.25) is 0 Å². The summed E-state index contributed by atoms with van der Waals surface area (Å²) >= 11 is 0. The fraction of sp³-hybridized carbons (Fsp3) is 0.625. The Morgan fingerprint density at radius 2 is 1.90 bits per heavy atom. The normalized spacial score (nSPS) is 11.9. The summed E-state index contributed by atoms with van der Waals surface area (Å²) in [6, 6.07) is 7.26. The number of benzene rings is 1. The molecular formula is C16H28N2O2S. The summed E-state index contributed by atoms with van der Waals surface area (Å²) in [5.41, 5.74) is 0.789. The molecule has 0 atom stereocenters. The highest BCUT2D eigenvalue weighted by atomic mass is 32.2. The number of nitrogens with one attached hydrogen (secondary N) is 1. The van der Waals surface area contributed by atoms with Crippen LogP contribution in [0.4, 0.5) is 5.69 Å². The predicted molar refractivity (Wildman–Crippen MR) is 89.8 cm³/mol. The van der Waals surface area contributed by atoms with E-state index in [1.807, 2.05) is 31.0 Å². The van der Waals surface area contributed by atoms with E-state index < -0.39 is 9.84 Å². The summed E-state index contributed by atoms with van der Waals surface area (Å²) in [4.78, 5) is 2.45. The van der Waals surface area contributed by atoms with Gasteiger partial charge < -0.3 is 10.2 Å². The van der Waals surface area contributed by atoms with E-state index in [4.69, 9.17) is 0 Å². The lowest BCUT2D eigenvalue weighted by atomic mass is 10.2. The highest BCUT2D eigenvalue weighted by molar-refractivity contribution is 7.91. The van der Waals surface area contributed by atoms with Gasteiger partial charge in [-0.2, -0.15) is 0 Å². The first-order chi connectivity index (χ1) is 9.88. The number of nitrogens with zero attached hydrogens (tertiary/aromatic N) is 1. The second-order valence-electron chi connectivity index (χ2n) is 5.81. The summed E-state index contributed by atoms with van der Waals surface area (Å²) in [6.45, 7) is 8.83. The van der Waals surface area contributed by atoms with Gasteiger partial charge in [-0.25, -0.2) is 8.42 Å². The second-order valence-corrected chi connectivity index (χ2v) is 7.88. The average Bonchev–Trinajstić information content (AvgIpc) is 2.43. The Balaban J connectivity index is 2.78. The Morgan fingerprint density at radius 1 is 1.24 bits per heavy atom. The Hall–Kier alpha value is -1.07. The Morgan fingerprint density at radius 3 is 2.52 bits per heavy atom. The summed E-state index contributed by atoms with van der Waals surface area (Å²) in [6.07, 6.45) is 0.635. The van der Waals surface area contributed by atoms with Crippen LogP contribution in [0.5, 0.6) is 0 Å². The van der Waals surface area contributed by atoms with Crippen molar-refractivity contribution >= 4 is 15.5 Å². The van der Waals surface area contributed by atoms with E-state index in [1.54, 1.807) is 12.1 Å². The van der Waals surface area contributed by atoms with E-state index >= 15 is 0 Å². The lowest BCUT2D eigenvalue weighted by Crippen LogP contribution is -2.31. The Kier molecular flexibility index (Phi) is 7.18. The van der Waals surface area contributed by atoms with E-state index in [2.05, 4.69) is 19.2 Å². The molecule has 5 heteroatoms. The second kappa shape index (κ2) is 8.39. The molecule has 0 saturated carbocycles. The van der Waals surface area contributed by atoms with Gasteiger partial charge in [-0.05, 0) is 31.0 Å². The monoisotopic (exact) mass is 312 g/mol. The van der Waals surface area contributed by atoms with Crippen LogP contribution < -0.4 is 10.2 Å². The first-order valence-electron chi connectivity index (χ1n) is 7.62. The minimum atomic E-state index is -3.19. The lowest BCUT2D eigenvalue weighted by molar-refractivity contribution is 0.554. The molecule has 4 nitrogen and oxygen atoms in total. The lowest BCUT2D eigenvalue weighted by Gasteiger charge is -2.22. The molecule has 0 fully saturated rings. The molecule has 0 heterocycles. The van der Waals surface area contributed by atoms with Crippen molar-refractivity contribution < 1.29 is 8.42 Å². The smallest absolute Gasteiger partial charge is 0.180 e. The molecule has 0 spiro atoms. The number of rotatable bonds is 9. The van der Waals surface area contributed by atoms with Gasteiger partial charge in [0.1, 0.15) is 0 Å². The third-order valence-corrected chi connectivity index (χ3v) is 5.22. The zero-order chi connectivity index (χ0) is 15.9. The Labute approximate surface area is 129 Å². The molecule has 0 aliphatic heterocycles. The topological polar surface area (TPSA) is 49.4 Å². The van der Waals surface area contributed by atoms with Crippen molar-refractivity contribution in [1.82, 2.24) is 5.32 Å². The molecule has 1 N–H and O–H groups in total. The summed E-state index contributed by atoms with van der Waals surface area (Å²) in [5.74, 6) is 0.816. The van der Waals surface area contributed by atoms with E-state index in [9.17, 15) is 8.42 Å². The molecule has 0 aliphatic carbocycles. The molecule has 0 saturated heterocycles. The quantitative estimate of drug-likeness (QED) is 0.712. The molecule has 0 amide bonds. The SMILES string of the molecule is CCCS(=O)(=O)c1ccccc1N(C)CCNCC(C)C. The van der Waals surface area contributed by atoms with Crippen molar-refractivity contribution in [1.29, 1.82) is 0 Å². The van der Waals surface area contributed by atoms with E-state index in [0.29, 0.717) is 17.2 Å². The third-order valence-electron chi connectivity index (χ3n) is 3.26. The van der Waals surface area contributed by atoms with Gasteiger partial charge in [-0.15, -0.1) is 0 Å². The minimum Gasteiger partial charge on any atom is -0.372 e. The van der Waals surface area contributed by atoms with E-state index in [0.717, 1.165) is 25.3 Å². The summed E-state index contributed by atoms with van der Waals surface area (Å²) in [7, 11) is -1.25. The molecule has 120 valence electrons. The van der Waals surface area contributed by atoms with Crippen molar-refractivity contribution in [3.05, 3.63) is 24.3 Å². The molecule has 0 bridgehead atoms. The van der Waals surface area contributed by atoms with Crippen molar-refractivity contribution in [2.45, 2.75) is 32.1 Å². The highest BCUT2D eigenvalue weighted by Crippen LogP contribution is 2.25. The van der Waals surface area contributed by atoms with Gasteiger partial charge in [0.15, 0.2) is 9.84 Å². The van der Waals surface area contributed by atoms with Crippen LogP contribution in [0.1, 0.15) is 27.2 Å². The summed E-state index contributed by atoms with van der Waals surface area (Å²) < 4.78 is 24.7. The Bertz CT molecular complexity index is 527. The van der Waals surface area contributed by atoms with E-state index in [-0.39, 0.29) is 5.75 Å². The molecule has 0 radical (unpaired) electrons. The number of hydrogen-bond acceptors (Lipinski definition) is 4. The van der Waals surface area contributed by atoms with Crippen molar-refractivity contribution in [3.63, 3.8) is 0 Å². The number of anilines is 1. The zero-order valence-corrected chi connectivity index (χ0v) is 14.4. The minimum absolute atomic E-state index is 0.198. The van der Waals surface area contributed by atoms with Crippen molar-refractivity contribution in [2.75, 3.05) is 37.3 Å². The van der Waals surface area contributed by atoms with Crippen LogP contribution in [0.2, 0.25) is 0 Å². The first-order valence-corrected chi connectivity index (χ1v) is 9.27. The van der Waals surface area contributed by atoms with Crippen LogP contribution in [-0.4, -0.2) is 40.9 Å². The molecule has 1 aromatic rings. The van der Waals surface area contributed by atoms with Crippen LogP contribution in [0, 0.1) is 5.92 Å². The molecule has 0 unspecified atom stereocenters. The fourth-order valence-corrected chi connectivity index (χ4v) is 3.76. The number of para-hydroxylation sites is 1. The van der Waals surface area contributed by atoms with Crippen LogP contribution in [0.25, 0.3) is 0 Å².